The number of carbonyl (C=O) groups is 3. The van der Waals surface area contributed by atoms with Gasteiger partial charge in [0.1, 0.15) is 13.2 Å². The molecule has 0 aromatic heterocycles. The zero-order chi connectivity index (χ0) is 26.5. The second-order valence-electron chi connectivity index (χ2n) is 8.30. The monoisotopic (exact) mass is 532 g/mol. The van der Waals surface area contributed by atoms with Crippen LogP contribution in [0.1, 0.15) is 18.1 Å². The van der Waals surface area contributed by atoms with Gasteiger partial charge in [0.05, 0.1) is 11.5 Å². The normalized spacial score (nSPS) is 15.2. The van der Waals surface area contributed by atoms with E-state index in [1.54, 1.807) is 42.5 Å². The first-order chi connectivity index (χ1) is 18.5. The number of fused-ring (bicyclic) bond motifs is 1. The van der Waals surface area contributed by atoms with Gasteiger partial charge in [0, 0.05) is 11.8 Å². The van der Waals surface area contributed by atoms with Gasteiger partial charge >= 0.3 is 0 Å². The van der Waals surface area contributed by atoms with Crippen LogP contribution in [0.25, 0.3) is 6.08 Å². The zero-order valence-electron chi connectivity index (χ0n) is 20.5. The number of anilines is 1. The van der Waals surface area contributed by atoms with Gasteiger partial charge in [-0.1, -0.05) is 36.4 Å². The van der Waals surface area contributed by atoms with Crippen molar-refractivity contribution in [3.63, 3.8) is 0 Å². The maximum absolute atomic E-state index is 12.9. The fourth-order valence-corrected chi connectivity index (χ4v) is 4.68. The van der Waals surface area contributed by atoms with E-state index in [1.165, 1.54) is 0 Å². The van der Waals surface area contributed by atoms with Crippen LogP contribution in [0.15, 0.2) is 71.6 Å². The molecule has 2 heterocycles. The quantitative estimate of drug-likeness (QED) is 0.381. The summed E-state index contributed by atoms with van der Waals surface area (Å²) in [5, 5.41) is 2.16. The summed E-state index contributed by atoms with van der Waals surface area (Å²) in [4.78, 5) is 39.2. The fourth-order valence-electron chi connectivity index (χ4n) is 3.84. The molecule has 9 nitrogen and oxygen atoms in total. The van der Waals surface area contributed by atoms with E-state index in [-0.39, 0.29) is 11.7 Å². The van der Waals surface area contributed by atoms with Gasteiger partial charge in [-0.15, -0.1) is 0 Å². The second kappa shape index (κ2) is 11.3. The average Bonchev–Trinajstić information content (AvgIpc) is 3.48. The molecule has 0 saturated carbocycles. The van der Waals surface area contributed by atoms with Crippen LogP contribution < -0.4 is 24.3 Å². The number of nitrogens with one attached hydrogen (secondary N) is 1. The largest absolute Gasteiger partial charge is 0.490 e. The van der Waals surface area contributed by atoms with E-state index in [4.69, 9.17) is 18.9 Å². The van der Waals surface area contributed by atoms with Crippen molar-refractivity contribution in [1.29, 1.82) is 0 Å². The Bertz CT molecular complexity index is 1410. The van der Waals surface area contributed by atoms with E-state index in [0.29, 0.717) is 47.5 Å². The maximum atomic E-state index is 12.9. The fraction of sp³-hybridized carbons (Fsp3) is 0.179. The van der Waals surface area contributed by atoms with E-state index in [2.05, 4.69) is 5.32 Å². The lowest BCUT2D eigenvalue weighted by atomic mass is 10.1. The van der Waals surface area contributed by atoms with Crippen LogP contribution in [0.3, 0.4) is 0 Å². The lowest BCUT2D eigenvalue weighted by Crippen LogP contribution is -2.36. The number of hydrogen-bond donors (Lipinski definition) is 1. The highest BCUT2D eigenvalue weighted by molar-refractivity contribution is 8.18. The molecule has 2 aliphatic heterocycles. The number of amides is 3. The minimum Gasteiger partial charge on any atom is -0.490 e. The molecule has 0 atom stereocenters. The second-order valence-corrected chi connectivity index (χ2v) is 9.29. The molecule has 5 rings (SSSR count). The van der Waals surface area contributed by atoms with Crippen molar-refractivity contribution in [2.75, 3.05) is 25.3 Å². The predicted octanol–water partition coefficient (Wildman–Crippen LogP) is 5.07. The van der Waals surface area contributed by atoms with Gasteiger partial charge in [0.15, 0.2) is 23.0 Å². The molecule has 3 amide bonds. The van der Waals surface area contributed by atoms with Crippen LogP contribution in [0.5, 0.6) is 23.0 Å². The van der Waals surface area contributed by atoms with Crippen LogP contribution in [-0.4, -0.2) is 41.9 Å². The number of rotatable bonds is 9. The Morgan fingerprint density at radius 2 is 1.82 bits per heavy atom. The number of benzene rings is 3. The van der Waals surface area contributed by atoms with Crippen LogP contribution in [0.4, 0.5) is 10.5 Å². The van der Waals surface area contributed by atoms with Crippen LogP contribution >= 0.6 is 11.8 Å². The standard InChI is InChI=1S/C28H24N2O7S/c1-2-34-23-12-19(8-10-21(23)35-16-18-6-4-3-5-7-18)13-25-27(32)30(28(33)38-25)15-26(31)29-20-9-11-22-24(14-20)37-17-36-22/h3-14H,2,15-17H2,1H3,(H,29,31)/b25-13+. The van der Waals surface area contributed by atoms with Crippen molar-refractivity contribution in [2.45, 2.75) is 13.5 Å². The Morgan fingerprint density at radius 3 is 2.63 bits per heavy atom. The van der Waals surface area contributed by atoms with E-state index in [0.717, 1.165) is 22.2 Å². The molecule has 3 aromatic rings. The lowest BCUT2D eigenvalue weighted by Gasteiger charge is -2.13. The third kappa shape index (κ3) is 5.76. The first-order valence-electron chi connectivity index (χ1n) is 11.9. The van der Waals surface area contributed by atoms with Crippen LogP contribution in [0.2, 0.25) is 0 Å². The molecule has 194 valence electrons. The number of imide groups is 1. The van der Waals surface area contributed by atoms with Gasteiger partial charge in [-0.25, -0.2) is 0 Å². The van der Waals surface area contributed by atoms with Gasteiger partial charge < -0.3 is 24.3 Å². The third-order valence-corrected chi connectivity index (χ3v) is 6.54. The molecule has 3 aromatic carbocycles. The van der Waals surface area contributed by atoms with E-state index < -0.39 is 23.6 Å². The highest BCUT2D eigenvalue weighted by Gasteiger charge is 2.36. The minimum absolute atomic E-state index is 0.116. The molecule has 0 radical (unpaired) electrons. The van der Waals surface area contributed by atoms with Crippen molar-refractivity contribution in [1.82, 2.24) is 4.90 Å². The first-order valence-corrected chi connectivity index (χ1v) is 12.7. The molecule has 2 aliphatic rings. The number of carbonyl (C=O) groups excluding carboxylic acids is 3. The molecule has 1 N–H and O–H groups in total. The van der Waals surface area contributed by atoms with Crippen molar-refractivity contribution in [3.05, 3.63) is 82.8 Å². The van der Waals surface area contributed by atoms with Crippen LogP contribution in [-0.2, 0) is 16.2 Å². The molecule has 1 fully saturated rings. The van der Waals surface area contributed by atoms with Crippen molar-refractivity contribution in [2.24, 2.45) is 0 Å². The average molecular weight is 533 g/mol. The maximum Gasteiger partial charge on any atom is 0.294 e. The summed E-state index contributed by atoms with van der Waals surface area (Å²) in [5.41, 5.74) is 2.16. The van der Waals surface area contributed by atoms with Crippen molar-refractivity contribution in [3.8, 4) is 23.0 Å². The van der Waals surface area contributed by atoms with E-state index in [9.17, 15) is 14.4 Å². The number of hydrogen-bond acceptors (Lipinski definition) is 8. The Labute approximate surface area is 223 Å². The molecule has 38 heavy (non-hydrogen) atoms. The SMILES string of the molecule is CCOc1cc(/C=C2/SC(=O)N(CC(=O)Nc3ccc4c(c3)OCO4)C2=O)ccc1OCc1ccccc1. The summed E-state index contributed by atoms with van der Waals surface area (Å²) < 4.78 is 22.2. The number of ether oxygens (including phenoxy) is 4. The summed E-state index contributed by atoms with van der Waals surface area (Å²) in [7, 11) is 0. The summed E-state index contributed by atoms with van der Waals surface area (Å²) in [5.74, 6) is 1.15. The van der Waals surface area contributed by atoms with Crippen molar-refractivity contribution < 1.29 is 33.3 Å². The van der Waals surface area contributed by atoms with Crippen molar-refractivity contribution >= 4 is 40.6 Å². The number of thioether (sulfide) groups is 1. The minimum atomic E-state index is -0.539. The molecule has 10 heteroatoms. The summed E-state index contributed by atoms with van der Waals surface area (Å²) in [6.45, 7) is 2.39. The van der Waals surface area contributed by atoms with Gasteiger partial charge in [-0.05, 0) is 60.2 Å². The molecule has 0 aliphatic carbocycles. The highest BCUT2D eigenvalue weighted by atomic mass is 32.2. The topological polar surface area (TPSA) is 103 Å². The van der Waals surface area contributed by atoms with E-state index in [1.807, 2.05) is 37.3 Å². The first kappa shape index (κ1) is 25.2. The Morgan fingerprint density at radius 1 is 1.00 bits per heavy atom. The molecule has 1 saturated heterocycles. The van der Waals surface area contributed by atoms with E-state index >= 15 is 0 Å². The van der Waals surface area contributed by atoms with Gasteiger partial charge in [0.25, 0.3) is 11.1 Å². The third-order valence-electron chi connectivity index (χ3n) is 5.63. The zero-order valence-corrected chi connectivity index (χ0v) is 21.3. The molecule has 0 spiro atoms. The Kier molecular flexibility index (Phi) is 7.50. The van der Waals surface area contributed by atoms with Crippen LogP contribution in [0, 0.1) is 0 Å². The van der Waals surface area contributed by atoms with Gasteiger partial charge in [-0.2, -0.15) is 0 Å². The molecular formula is C28H24N2O7S. The van der Waals surface area contributed by atoms with Gasteiger partial charge in [0.2, 0.25) is 12.7 Å². The predicted molar refractivity (Wildman–Crippen MR) is 142 cm³/mol. The molecular weight excluding hydrogens is 508 g/mol. The molecule has 0 bridgehead atoms. The lowest BCUT2D eigenvalue weighted by molar-refractivity contribution is -0.127. The Hall–Kier alpha value is -4.44. The molecule has 0 unspecified atom stereocenters. The summed E-state index contributed by atoms with van der Waals surface area (Å²) in [6, 6.07) is 20.0. The highest BCUT2D eigenvalue weighted by Crippen LogP contribution is 2.36. The number of nitrogens with zero attached hydrogens (tertiary/aromatic N) is 1. The van der Waals surface area contributed by atoms with Gasteiger partial charge in [-0.3, -0.25) is 19.3 Å². The summed E-state index contributed by atoms with van der Waals surface area (Å²) in [6.07, 6.45) is 1.60. The smallest absolute Gasteiger partial charge is 0.294 e. The Balaban J connectivity index is 1.25. The summed E-state index contributed by atoms with van der Waals surface area (Å²) >= 11 is 0.782.